The number of hydrogen-bond donors (Lipinski definition) is 2. The summed E-state index contributed by atoms with van der Waals surface area (Å²) < 4.78 is 5.46. The van der Waals surface area contributed by atoms with Crippen molar-refractivity contribution in [2.75, 3.05) is 12.4 Å². The van der Waals surface area contributed by atoms with Crippen LogP contribution in [0.1, 0.15) is 60.2 Å². The average molecular weight is 544 g/mol. The molecule has 3 amide bonds. The maximum atomic E-state index is 14.1. The maximum absolute atomic E-state index is 14.1. The molecule has 3 aromatic rings. The number of hydrogen-bond acceptors (Lipinski definition) is 4. The van der Waals surface area contributed by atoms with E-state index in [1.807, 2.05) is 94.4 Å². The lowest BCUT2D eigenvalue weighted by Gasteiger charge is -2.32. The standard InChI is InChI=1S/C33H41N3O4/c1-21-17-18-26(19-24(21)4)29(30(37)35-28-22(2)13-12-14-23(28)3)36(8)31(38)27(20-25-15-10-9-11-16-25)34-32(39)40-33(5,6)7/h9-19,27,29H,20H2,1-8H3,(H,34,39)(H,35,37). The van der Waals surface area contributed by atoms with Gasteiger partial charge in [-0.2, -0.15) is 0 Å². The van der Waals surface area contributed by atoms with Gasteiger partial charge in [-0.15, -0.1) is 0 Å². The number of likely N-dealkylation sites (N-methyl/N-ethyl adjacent to an activating group) is 1. The zero-order valence-corrected chi connectivity index (χ0v) is 24.8. The van der Waals surface area contributed by atoms with Crippen molar-refractivity contribution in [2.45, 2.75) is 72.6 Å². The average Bonchev–Trinajstić information content (AvgIpc) is 2.87. The first kappa shape index (κ1) is 30.4. The summed E-state index contributed by atoms with van der Waals surface area (Å²) in [6.45, 7) is 13.1. The molecule has 2 unspecified atom stereocenters. The van der Waals surface area contributed by atoms with E-state index in [0.29, 0.717) is 5.56 Å². The Balaban J connectivity index is 2.00. The summed E-state index contributed by atoms with van der Waals surface area (Å²) in [6.07, 6.45) is -0.459. The van der Waals surface area contributed by atoms with Gasteiger partial charge in [0, 0.05) is 19.2 Å². The molecular weight excluding hydrogens is 502 g/mol. The Bertz CT molecular complexity index is 1340. The van der Waals surface area contributed by atoms with Crippen LogP contribution in [0.3, 0.4) is 0 Å². The first-order valence-electron chi connectivity index (χ1n) is 13.5. The van der Waals surface area contributed by atoms with Crippen molar-refractivity contribution in [2.24, 2.45) is 0 Å². The highest BCUT2D eigenvalue weighted by atomic mass is 16.6. The highest BCUT2D eigenvalue weighted by Gasteiger charge is 2.34. The molecule has 7 nitrogen and oxygen atoms in total. The van der Waals surface area contributed by atoms with Crippen LogP contribution in [-0.4, -0.2) is 41.5 Å². The number of amides is 3. The van der Waals surface area contributed by atoms with Crippen molar-refractivity contribution in [3.8, 4) is 0 Å². The molecule has 0 radical (unpaired) electrons. The number of aryl methyl sites for hydroxylation is 4. The van der Waals surface area contributed by atoms with Crippen LogP contribution in [0.4, 0.5) is 10.5 Å². The summed E-state index contributed by atoms with van der Waals surface area (Å²) in [5.41, 5.74) is 5.48. The van der Waals surface area contributed by atoms with Crippen molar-refractivity contribution in [3.05, 3.63) is 100 Å². The molecule has 3 aromatic carbocycles. The van der Waals surface area contributed by atoms with Crippen LogP contribution < -0.4 is 10.6 Å². The van der Waals surface area contributed by atoms with Gasteiger partial charge in [0.05, 0.1) is 0 Å². The van der Waals surface area contributed by atoms with Gasteiger partial charge in [0.2, 0.25) is 5.91 Å². The normalized spacial score (nSPS) is 12.7. The van der Waals surface area contributed by atoms with Gasteiger partial charge in [0.25, 0.3) is 5.91 Å². The maximum Gasteiger partial charge on any atom is 0.408 e. The molecule has 0 saturated carbocycles. The van der Waals surface area contributed by atoms with Crippen LogP contribution in [-0.2, 0) is 20.7 Å². The highest BCUT2D eigenvalue weighted by molar-refractivity contribution is 5.99. The number of ether oxygens (including phenoxy) is 1. The van der Waals surface area contributed by atoms with E-state index in [0.717, 1.165) is 33.5 Å². The van der Waals surface area contributed by atoms with E-state index >= 15 is 0 Å². The highest BCUT2D eigenvalue weighted by Crippen LogP contribution is 2.27. The number of carbonyl (C=O) groups excluding carboxylic acids is 3. The van der Waals surface area contributed by atoms with Gasteiger partial charge in [0.15, 0.2) is 0 Å². The van der Waals surface area contributed by atoms with E-state index in [1.54, 1.807) is 27.8 Å². The van der Waals surface area contributed by atoms with Crippen LogP contribution in [0.2, 0.25) is 0 Å². The Kier molecular flexibility index (Phi) is 9.74. The molecule has 0 aliphatic heterocycles. The molecule has 0 aromatic heterocycles. The summed E-state index contributed by atoms with van der Waals surface area (Å²) in [5.74, 6) is -0.748. The zero-order valence-electron chi connectivity index (χ0n) is 24.8. The Labute approximate surface area is 237 Å². The molecular formula is C33H41N3O4. The van der Waals surface area contributed by atoms with Crippen LogP contribution in [0.25, 0.3) is 0 Å². The number of rotatable bonds is 8. The van der Waals surface area contributed by atoms with Gasteiger partial charge in [-0.05, 0) is 81.8 Å². The fraction of sp³-hybridized carbons (Fsp3) is 0.364. The van der Waals surface area contributed by atoms with Crippen LogP contribution in [0.15, 0.2) is 66.7 Å². The first-order valence-corrected chi connectivity index (χ1v) is 13.5. The molecule has 7 heteroatoms. The predicted octanol–water partition coefficient (Wildman–Crippen LogP) is 6.19. The van der Waals surface area contributed by atoms with Gasteiger partial charge in [-0.3, -0.25) is 9.59 Å². The molecule has 0 bridgehead atoms. The number of alkyl carbamates (subject to hydrolysis) is 1. The Morgan fingerprint density at radius 2 is 1.45 bits per heavy atom. The largest absolute Gasteiger partial charge is 0.444 e. The van der Waals surface area contributed by atoms with Crippen molar-refractivity contribution in [3.63, 3.8) is 0 Å². The summed E-state index contributed by atoms with van der Waals surface area (Å²) in [6, 6.07) is 19.1. The molecule has 0 fully saturated rings. The molecule has 212 valence electrons. The second-order valence-electron chi connectivity index (χ2n) is 11.3. The lowest BCUT2D eigenvalue weighted by atomic mass is 9.97. The van der Waals surface area contributed by atoms with E-state index in [1.165, 1.54) is 4.90 Å². The minimum absolute atomic E-state index is 0.238. The van der Waals surface area contributed by atoms with Crippen LogP contribution in [0, 0.1) is 27.7 Å². The van der Waals surface area contributed by atoms with Gasteiger partial charge in [-0.1, -0.05) is 66.7 Å². The molecule has 0 aliphatic carbocycles. The third-order valence-electron chi connectivity index (χ3n) is 6.83. The molecule has 0 aliphatic rings. The number of benzene rings is 3. The predicted molar refractivity (Wildman–Crippen MR) is 159 cm³/mol. The van der Waals surface area contributed by atoms with Crippen molar-refractivity contribution >= 4 is 23.6 Å². The summed E-state index contributed by atoms with van der Waals surface area (Å²) in [7, 11) is 1.60. The van der Waals surface area contributed by atoms with E-state index in [4.69, 9.17) is 4.74 Å². The first-order chi connectivity index (χ1) is 18.8. The molecule has 0 heterocycles. The minimum Gasteiger partial charge on any atom is -0.444 e. The third kappa shape index (κ3) is 7.94. The second-order valence-corrected chi connectivity index (χ2v) is 11.3. The van der Waals surface area contributed by atoms with E-state index < -0.39 is 29.7 Å². The smallest absolute Gasteiger partial charge is 0.408 e. The van der Waals surface area contributed by atoms with E-state index in [2.05, 4.69) is 10.6 Å². The SMILES string of the molecule is Cc1ccc(C(C(=O)Nc2c(C)cccc2C)N(C)C(=O)C(Cc2ccccc2)NC(=O)OC(C)(C)C)cc1C. The van der Waals surface area contributed by atoms with Gasteiger partial charge in [0.1, 0.15) is 17.7 Å². The number of anilines is 1. The summed E-state index contributed by atoms with van der Waals surface area (Å²) >= 11 is 0. The Morgan fingerprint density at radius 1 is 0.825 bits per heavy atom. The molecule has 2 N–H and O–H groups in total. The molecule has 0 saturated heterocycles. The Morgan fingerprint density at radius 3 is 2.02 bits per heavy atom. The molecule has 40 heavy (non-hydrogen) atoms. The molecule has 2 atom stereocenters. The quantitative estimate of drug-likeness (QED) is 0.354. The minimum atomic E-state index is -0.954. The summed E-state index contributed by atoms with van der Waals surface area (Å²) in [4.78, 5) is 42.2. The van der Waals surface area contributed by atoms with Crippen molar-refractivity contribution in [1.29, 1.82) is 0 Å². The van der Waals surface area contributed by atoms with Gasteiger partial charge in [-0.25, -0.2) is 4.79 Å². The fourth-order valence-electron chi connectivity index (χ4n) is 4.56. The van der Waals surface area contributed by atoms with Gasteiger partial charge >= 0.3 is 6.09 Å². The van der Waals surface area contributed by atoms with E-state index in [9.17, 15) is 14.4 Å². The van der Waals surface area contributed by atoms with Crippen LogP contribution in [0.5, 0.6) is 0 Å². The number of para-hydroxylation sites is 1. The monoisotopic (exact) mass is 543 g/mol. The topological polar surface area (TPSA) is 87.7 Å². The Hall–Kier alpha value is -4.13. The van der Waals surface area contributed by atoms with Gasteiger partial charge < -0.3 is 20.3 Å². The molecule has 3 rings (SSSR count). The lowest BCUT2D eigenvalue weighted by molar-refractivity contribution is -0.139. The third-order valence-corrected chi connectivity index (χ3v) is 6.83. The number of nitrogens with one attached hydrogen (secondary N) is 2. The lowest BCUT2D eigenvalue weighted by Crippen LogP contribution is -2.52. The van der Waals surface area contributed by atoms with E-state index in [-0.39, 0.29) is 12.3 Å². The van der Waals surface area contributed by atoms with Crippen LogP contribution >= 0.6 is 0 Å². The summed E-state index contributed by atoms with van der Waals surface area (Å²) in [5, 5.41) is 5.81. The van der Waals surface area contributed by atoms with Crippen molar-refractivity contribution in [1.82, 2.24) is 10.2 Å². The fourth-order valence-corrected chi connectivity index (χ4v) is 4.56. The van der Waals surface area contributed by atoms with Crippen molar-refractivity contribution < 1.29 is 19.1 Å². The number of carbonyl (C=O) groups is 3. The molecule has 0 spiro atoms. The second kappa shape index (κ2) is 12.8. The zero-order chi connectivity index (χ0) is 29.6. The number of nitrogens with zero attached hydrogens (tertiary/aromatic N) is 1.